The number of anilines is 2. The predicted molar refractivity (Wildman–Crippen MR) is 95.1 cm³/mol. The Morgan fingerprint density at radius 2 is 2.15 bits per heavy atom. The highest BCUT2D eigenvalue weighted by atomic mass is 16.6. The summed E-state index contributed by atoms with van der Waals surface area (Å²) in [6.07, 6.45) is 1.76. The molecule has 1 aromatic rings. The van der Waals surface area contributed by atoms with Crippen LogP contribution in [-0.2, 0) is 20.7 Å². The third-order valence-electron chi connectivity index (χ3n) is 4.63. The third kappa shape index (κ3) is 3.80. The monoisotopic (exact) mass is 361 g/mol. The van der Waals surface area contributed by atoms with E-state index in [9.17, 15) is 19.5 Å². The molecule has 0 unspecified atom stereocenters. The van der Waals surface area contributed by atoms with Crippen LogP contribution in [0, 0.1) is 0 Å². The molecule has 140 valence electrons. The van der Waals surface area contributed by atoms with E-state index in [0.29, 0.717) is 18.8 Å². The normalized spacial score (nSPS) is 19.6. The van der Waals surface area contributed by atoms with Gasteiger partial charge < -0.3 is 20.1 Å². The number of nitrogens with zero attached hydrogens (tertiary/aromatic N) is 2. The Kier molecular flexibility index (Phi) is 5.41. The molecule has 1 atom stereocenters. The summed E-state index contributed by atoms with van der Waals surface area (Å²) in [7, 11) is 0. The minimum absolute atomic E-state index is 0.168. The first-order valence-corrected chi connectivity index (χ1v) is 8.76. The lowest BCUT2D eigenvalue weighted by Crippen LogP contribution is -2.34. The highest BCUT2D eigenvalue weighted by Crippen LogP contribution is 2.32. The molecule has 0 aliphatic carbocycles. The van der Waals surface area contributed by atoms with Crippen molar-refractivity contribution < 1.29 is 24.2 Å². The maximum absolute atomic E-state index is 12.2. The second-order valence-electron chi connectivity index (χ2n) is 6.53. The van der Waals surface area contributed by atoms with Crippen molar-refractivity contribution in [3.05, 3.63) is 23.8 Å². The fraction of sp³-hybridized carbons (Fsp3) is 0.500. The Bertz CT molecular complexity index is 721. The van der Waals surface area contributed by atoms with Crippen molar-refractivity contribution in [2.75, 3.05) is 36.0 Å². The molecule has 8 heteroatoms. The number of hydrogen-bond acceptors (Lipinski definition) is 5. The van der Waals surface area contributed by atoms with Gasteiger partial charge in [-0.25, -0.2) is 4.79 Å². The van der Waals surface area contributed by atoms with Gasteiger partial charge in [0.15, 0.2) is 0 Å². The molecule has 0 spiro atoms. The summed E-state index contributed by atoms with van der Waals surface area (Å²) in [6, 6.07) is 5.50. The number of hydrogen-bond donors (Lipinski definition) is 2. The van der Waals surface area contributed by atoms with Crippen molar-refractivity contribution in [3.63, 3.8) is 0 Å². The standard InChI is InChI=1S/C18H23N3O5/c1-12(23)19-9-15-10-21(18(25)26-15)14-5-6-16-13(8-14)4-2-3-7-20(16)17(24)11-22/h5-6,8,15,22H,2-4,7,9-11H2,1H3,(H,19,23)/t15-/m0/s1. The molecule has 1 aromatic carbocycles. The first-order chi connectivity index (χ1) is 12.5. The number of aryl methyl sites for hydroxylation is 1. The maximum atomic E-state index is 12.2. The van der Waals surface area contributed by atoms with Gasteiger partial charge in [-0.2, -0.15) is 0 Å². The molecule has 0 saturated carbocycles. The van der Waals surface area contributed by atoms with Crippen molar-refractivity contribution in [2.45, 2.75) is 32.3 Å². The first kappa shape index (κ1) is 18.2. The second kappa shape index (κ2) is 7.74. The first-order valence-electron chi connectivity index (χ1n) is 8.76. The zero-order valence-electron chi connectivity index (χ0n) is 14.7. The van der Waals surface area contributed by atoms with Gasteiger partial charge in [-0.3, -0.25) is 14.5 Å². The molecular weight excluding hydrogens is 338 g/mol. The van der Waals surface area contributed by atoms with Gasteiger partial charge in [0, 0.05) is 24.8 Å². The van der Waals surface area contributed by atoms with Crippen LogP contribution >= 0.6 is 0 Å². The van der Waals surface area contributed by atoms with Gasteiger partial charge >= 0.3 is 6.09 Å². The molecule has 8 nitrogen and oxygen atoms in total. The number of carbonyl (C=O) groups excluding carboxylic acids is 3. The fourth-order valence-electron chi connectivity index (χ4n) is 3.35. The number of aliphatic hydroxyl groups is 1. The highest BCUT2D eigenvalue weighted by molar-refractivity contribution is 5.96. The van der Waals surface area contributed by atoms with Gasteiger partial charge in [0.1, 0.15) is 12.7 Å². The molecular formula is C18H23N3O5. The van der Waals surface area contributed by atoms with Crippen molar-refractivity contribution in [1.82, 2.24) is 5.32 Å². The zero-order chi connectivity index (χ0) is 18.7. The van der Waals surface area contributed by atoms with Crippen LogP contribution in [-0.4, -0.2) is 55.4 Å². The van der Waals surface area contributed by atoms with Crippen LogP contribution in [0.25, 0.3) is 0 Å². The quantitative estimate of drug-likeness (QED) is 0.827. The Hall–Kier alpha value is -2.61. The number of rotatable bonds is 4. The molecule has 2 aliphatic heterocycles. The van der Waals surface area contributed by atoms with Gasteiger partial charge in [-0.05, 0) is 43.0 Å². The smallest absolute Gasteiger partial charge is 0.414 e. The number of carbonyl (C=O) groups is 3. The van der Waals surface area contributed by atoms with E-state index in [0.717, 1.165) is 30.5 Å². The SMILES string of the molecule is CC(=O)NC[C@H]1CN(c2ccc3c(c2)CCCCN3C(=O)CO)C(=O)O1. The summed E-state index contributed by atoms with van der Waals surface area (Å²) in [4.78, 5) is 38.3. The Morgan fingerprint density at radius 1 is 1.35 bits per heavy atom. The van der Waals surface area contributed by atoms with E-state index < -0.39 is 18.8 Å². The molecule has 3 rings (SSSR count). The van der Waals surface area contributed by atoms with E-state index in [-0.39, 0.29) is 18.4 Å². The Balaban J connectivity index is 1.80. The molecule has 1 fully saturated rings. The van der Waals surface area contributed by atoms with Crippen molar-refractivity contribution >= 4 is 29.3 Å². The van der Waals surface area contributed by atoms with E-state index in [1.54, 1.807) is 11.0 Å². The molecule has 0 aromatic heterocycles. The summed E-state index contributed by atoms with van der Waals surface area (Å²) in [6.45, 7) is 2.11. The molecule has 2 aliphatic rings. The summed E-state index contributed by atoms with van der Waals surface area (Å²) in [5.74, 6) is -0.491. The average molecular weight is 361 g/mol. The molecule has 0 radical (unpaired) electrons. The largest absolute Gasteiger partial charge is 0.442 e. The number of fused-ring (bicyclic) bond motifs is 1. The van der Waals surface area contributed by atoms with E-state index in [4.69, 9.17) is 4.74 Å². The predicted octanol–water partition coefficient (Wildman–Crippen LogP) is 0.809. The zero-order valence-corrected chi connectivity index (χ0v) is 14.7. The Labute approximate surface area is 151 Å². The summed E-state index contributed by atoms with van der Waals surface area (Å²) in [5.41, 5.74) is 2.46. The fourth-order valence-corrected chi connectivity index (χ4v) is 3.35. The van der Waals surface area contributed by atoms with Gasteiger partial charge in [-0.15, -0.1) is 0 Å². The van der Waals surface area contributed by atoms with Crippen LogP contribution < -0.4 is 15.1 Å². The molecule has 0 bridgehead atoms. The van der Waals surface area contributed by atoms with Gasteiger partial charge in [0.25, 0.3) is 5.91 Å². The van der Waals surface area contributed by atoms with Crippen LogP contribution in [0.3, 0.4) is 0 Å². The molecule has 26 heavy (non-hydrogen) atoms. The molecule has 1 saturated heterocycles. The average Bonchev–Trinajstić information content (AvgIpc) is 2.87. The molecule has 3 amide bonds. The summed E-state index contributed by atoms with van der Waals surface area (Å²) < 4.78 is 5.30. The van der Waals surface area contributed by atoms with Gasteiger partial charge in [-0.1, -0.05) is 0 Å². The van der Waals surface area contributed by atoms with Crippen LogP contribution in [0.15, 0.2) is 18.2 Å². The lowest BCUT2D eigenvalue weighted by molar-refractivity contribution is -0.121. The highest BCUT2D eigenvalue weighted by Gasteiger charge is 2.33. The van der Waals surface area contributed by atoms with Crippen LogP contribution in [0.2, 0.25) is 0 Å². The number of amides is 3. The lowest BCUT2D eigenvalue weighted by Gasteiger charge is -2.23. The van der Waals surface area contributed by atoms with Gasteiger partial charge in [0.05, 0.1) is 13.1 Å². The van der Waals surface area contributed by atoms with Crippen molar-refractivity contribution in [1.29, 1.82) is 0 Å². The van der Waals surface area contributed by atoms with Crippen LogP contribution in [0.1, 0.15) is 25.3 Å². The summed E-state index contributed by atoms with van der Waals surface area (Å²) in [5, 5.41) is 11.8. The van der Waals surface area contributed by atoms with Crippen molar-refractivity contribution in [3.8, 4) is 0 Å². The minimum atomic E-state index is -0.523. The minimum Gasteiger partial charge on any atom is -0.442 e. The number of benzene rings is 1. The van der Waals surface area contributed by atoms with E-state index in [1.807, 2.05) is 12.1 Å². The van der Waals surface area contributed by atoms with Gasteiger partial charge in [0.2, 0.25) is 5.91 Å². The topological polar surface area (TPSA) is 99.2 Å². The van der Waals surface area contributed by atoms with E-state index >= 15 is 0 Å². The number of aliphatic hydroxyl groups excluding tert-OH is 1. The Morgan fingerprint density at radius 3 is 2.88 bits per heavy atom. The third-order valence-corrected chi connectivity index (χ3v) is 4.63. The molecule has 2 heterocycles. The number of cyclic esters (lactones) is 1. The second-order valence-corrected chi connectivity index (χ2v) is 6.53. The lowest BCUT2D eigenvalue weighted by atomic mass is 10.1. The van der Waals surface area contributed by atoms with E-state index in [2.05, 4.69) is 5.32 Å². The van der Waals surface area contributed by atoms with Crippen LogP contribution in [0.5, 0.6) is 0 Å². The summed E-state index contributed by atoms with van der Waals surface area (Å²) >= 11 is 0. The maximum Gasteiger partial charge on any atom is 0.414 e. The number of ether oxygens (including phenoxy) is 1. The van der Waals surface area contributed by atoms with Crippen molar-refractivity contribution in [2.24, 2.45) is 0 Å². The van der Waals surface area contributed by atoms with Crippen LogP contribution in [0.4, 0.5) is 16.2 Å². The number of nitrogens with one attached hydrogen (secondary N) is 1. The molecule has 2 N–H and O–H groups in total. The van der Waals surface area contributed by atoms with E-state index in [1.165, 1.54) is 11.8 Å².